The van der Waals surface area contributed by atoms with E-state index in [1.807, 2.05) is 95.9 Å². The van der Waals surface area contributed by atoms with E-state index in [0.717, 1.165) is 16.7 Å². The molecule has 17 heteroatoms. The van der Waals surface area contributed by atoms with E-state index in [2.05, 4.69) is 5.32 Å². The van der Waals surface area contributed by atoms with E-state index in [4.69, 9.17) is 24.1 Å². The number of aliphatic hydroxyl groups is 1. The van der Waals surface area contributed by atoms with Gasteiger partial charge in [-0.15, -0.1) is 0 Å². The van der Waals surface area contributed by atoms with E-state index in [-0.39, 0.29) is 137 Å². The molecule has 5 N–H and O–H groups in total. The minimum atomic E-state index is -1.78. The van der Waals surface area contributed by atoms with Crippen LogP contribution in [0, 0.1) is 0 Å². The number of hydrogen-bond donors (Lipinski definition) is 5. The summed E-state index contributed by atoms with van der Waals surface area (Å²) < 4.78 is 23.6. The molecule has 3 aromatic carbocycles. The van der Waals surface area contributed by atoms with Crippen LogP contribution in [0.2, 0.25) is 0 Å². The second-order valence-electron chi connectivity index (χ2n) is 14.8. The van der Waals surface area contributed by atoms with Crippen LogP contribution in [0.5, 0.6) is 0 Å². The molecule has 1 aliphatic heterocycles. The highest BCUT2D eigenvalue weighted by atomic mass is 16.5. The number of carboxylic acids is 3. The van der Waals surface area contributed by atoms with Gasteiger partial charge >= 0.3 is 17.9 Å². The summed E-state index contributed by atoms with van der Waals surface area (Å²) in [5.74, 6) is -3.72. The van der Waals surface area contributed by atoms with Gasteiger partial charge in [0.25, 0.3) is 0 Å². The summed E-state index contributed by atoms with van der Waals surface area (Å²) in [7, 11) is 0. The predicted molar refractivity (Wildman–Crippen MR) is 225 cm³/mol. The fourth-order valence-electron chi connectivity index (χ4n) is 6.95. The molecule has 0 radical (unpaired) electrons. The van der Waals surface area contributed by atoms with Crippen molar-refractivity contribution in [2.45, 2.75) is 31.4 Å². The van der Waals surface area contributed by atoms with Crippen LogP contribution < -0.4 is 5.32 Å². The summed E-state index contributed by atoms with van der Waals surface area (Å²) in [4.78, 5) is 58.9. The fourth-order valence-corrected chi connectivity index (χ4v) is 6.95. The molecule has 0 saturated carbocycles. The predicted octanol–water partition coefficient (Wildman–Crippen LogP) is 1.34. The first-order chi connectivity index (χ1) is 29.6. The van der Waals surface area contributed by atoms with E-state index in [1.165, 1.54) is 0 Å². The Morgan fingerprint density at radius 2 is 1.08 bits per heavy atom. The van der Waals surface area contributed by atoms with Gasteiger partial charge in [0.2, 0.25) is 5.91 Å². The summed E-state index contributed by atoms with van der Waals surface area (Å²) in [6.45, 7) is 0.850. The maximum absolute atomic E-state index is 13.7. The number of amides is 1. The SMILES string of the molecule is O=C(O)CN1CCN(CC(=O)NCCOCCO)CCN(C(COCc2ccccc2)C(=O)O)CCN(C(COCc2ccccc2)(COCc2ccccc2)C(=O)O)CC1. The standard InChI is InChI=1S/C44H61N5O12/c50-25-27-58-26-16-45-40(51)28-46-17-18-47(29-41(52)53)20-23-49(24-22-48(21-19-46)39(42(54)55)33-59-30-36-10-4-1-5-11-36)44(43(56)57,34-60-31-37-12-6-2-7-13-37)35-61-32-38-14-8-3-9-15-38/h1-15,39,50H,16-35H2,(H,45,51)(H,52,53)(H,54,55)(H,56,57). The van der Waals surface area contributed by atoms with Crippen molar-refractivity contribution in [2.75, 3.05) is 112 Å². The first-order valence-corrected chi connectivity index (χ1v) is 20.5. The summed E-state index contributed by atoms with van der Waals surface area (Å²) in [5, 5.41) is 43.5. The average Bonchev–Trinajstić information content (AvgIpc) is 3.25. The Bertz CT molecular complexity index is 1680. The van der Waals surface area contributed by atoms with Gasteiger partial charge in [0.1, 0.15) is 6.04 Å². The summed E-state index contributed by atoms with van der Waals surface area (Å²) in [6, 6.07) is 26.9. The van der Waals surface area contributed by atoms with Crippen molar-refractivity contribution in [1.29, 1.82) is 0 Å². The minimum absolute atomic E-state index is 0.0351. The molecule has 3 aromatic rings. The Morgan fingerprint density at radius 1 is 0.607 bits per heavy atom. The molecule has 334 valence electrons. The molecule has 17 nitrogen and oxygen atoms in total. The number of nitrogens with one attached hydrogen (secondary N) is 1. The van der Waals surface area contributed by atoms with Gasteiger partial charge < -0.3 is 44.7 Å². The fraction of sp³-hybridized carbons (Fsp3) is 0.500. The molecule has 1 heterocycles. The Balaban J connectivity index is 1.65. The van der Waals surface area contributed by atoms with Gasteiger partial charge in [0.05, 0.1) is 72.6 Å². The van der Waals surface area contributed by atoms with Crippen molar-refractivity contribution < 1.29 is 58.6 Å². The Kier molecular flexibility index (Phi) is 21.8. The molecular formula is C44H61N5O12. The topological polar surface area (TPSA) is 211 Å². The van der Waals surface area contributed by atoms with Crippen LogP contribution in [0.4, 0.5) is 0 Å². The third-order valence-corrected chi connectivity index (χ3v) is 10.3. The molecule has 1 unspecified atom stereocenters. The van der Waals surface area contributed by atoms with Crippen LogP contribution in [-0.4, -0.2) is 187 Å². The van der Waals surface area contributed by atoms with Crippen LogP contribution in [0.3, 0.4) is 0 Å². The van der Waals surface area contributed by atoms with Gasteiger partial charge in [0.15, 0.2) is 5.54 Å². The molecule has 0 aromatic heterocycles. The van der Waals surface area contributed by atoms with Gasteiger partial charge in [-0.25, -0.2) is 0 Å². The summed E-state index contributed by atoms with van der Waals surface area (Å²) in [5.41, 5.74) is 0.774. The van der Waals surface area contributed by atoms with E-state index in [9.17, 15) is 34.5 Å². The van der Waals surface area contributed by atoms with Crippen molar-refractivity contribution in [2.24, 2.45) is 0 Å². The Labute approximate surface area is 357 Å². The van der Waals surface area contributed by atoms with Gasteiger partial charge in [0, 0.05) is 58.9 Å². The monoisotopic (exact) mass is 851 g/mol. The van der Waals surface area contributed by atoms with E-state index in [1.54, 1.807) is 14.7 Å². The number of benzene rings is 3. The van der Waals surface area contributed by atoms with Gasteiger partial charge in [-0.05, 0) is 16.7 Å². The molecule has 1 saturated heterocycles. The first-order valence-electron chi connectivity index (χ1n) is 20.5. The number of rotatable bonds is 25. The summed E-state index contributed by atoms with van der Waals surface area (Å²) >= 11 is 0. The van der Waals surface area contributed by atoms with E-state index >= 15 is 0 Å². The van der Waals surface area contributed by atoms with E-state index in [0.29, 0.717) is 0 Å². The molecule has 0 aliphatic carbocycles. The van der Waals surface area contributed by atoms with Crippen molar-refractivity contribution >= 4 is 23.8 Å². The molecular weight excluding hydrogens is 791 g/mol. The van der Waals surface area contributed by atoms with Crippen LogP contribution in [0.15, 0.2) is 91.0 Å². The second-order valence-corrected chi connectivity index (χ2v) is 14.8. The lowest BCUT2D eigenvalue weighted by Crippen LogP contribution is -2.64. The third-order valence-electron chi connectivity index (χ3n) is 10.3. The van der Waals surface area contributed by atoms with Crippen molar-refractivity contribution in [3.63, 3.8) is 0 Å². The Morgan fingerprint density at radius 3 is 1.59 bits per heavy atom. The second kappa shape index (κ2) is 27.2. The number of carboxylic acid groups (broad SMARTS) is 3. The van der Waals surface area contributed by atoms with Crippen LogP contribution in [-0.2, 0) is 57.9 Å². The van der Waals surface area contributed by atoms with Gasteiger partial charge in [-0.1, -0.05) is 91.0 Å². The number of aliphatic hydroxyl groups excluding tert-OH is 1. The molecule has 1 atom stereocenters. The normalized spacial score (nSPS) is 16.0. The quantitative estimate of drug-likeness (QED) is 0.0762. The van der Waals surface area contributed by atoms with Crippen LogP contribution in [0.1, 0.15) is 16.7 Å². The minimum Gasteiger partial charge on any atom is -0.480 e. The lowest BCUT2D eigenvalue weighted by molar-refractivity contribution is -0.166. The van der Waals surface area contributed by atoms with Gasteiger partial charge in [-0.2, -0.15) is 0 Å². The molecule has 1 amide bonds. The third kappa shape index (κ3) is 17.6. The largest absolute Gasteiger partial charge is 0.480 e. The number of ether oxygens (including phenoxy) is 4. The van der Waals surface area contributed by atoms with Gasteiger partial charge in [-0.3, -0.25) is 38.8 Å². The number of hydrogen-bond acceptors (Lipinski definition) is 13. The number of carbonyl (C=O) groups excluding carboxylic acids is 1. The summed E-state index contributed by atoms with van der Waals surface area (Å²) in [6.07, 6.45) is 0. The zero-order valence-corrected chi connectivity index (χ0v) is 34.7. The first kappa shape index (κ1) is 48.8. The molecule has 1 fully saturated rings. The molecule has 61 heavy (non-hydrogen) atoms. The smallest absolute Gasteiger partial charge is 0.328 e. The molecule has 0 bridgehead atoms. The molecule has 4 rings (SSSR count). The lowest BCUT2D eigenvalue weighted by atomic mass is 9.98. The average molecular weight is 852 g/mol. The highest BCUT2D eigenvalue weighted by Crippen LogP contribution is 2.22. The molecule has 1 aliphatic rings. The Hall–Kier alpha value is -4.82. The van der Waals surface area contributed by atoms with E-state index < -0.39 is 29.5 Å². The highest BCUT2D eigenvalue weighted by molar-refractivity contribution is 5.79. The number of aliphatic carboxylic acids is 3. The van der Waals surface area contributed by atoms with Crippen molar-refractivity contribution in [3.8, 4) is 0 Å². The highest BCUT2D eigenvalue weighted by Gasteiger charge is 2.46. The van der Waals surface area contributed by atoms with Crippen molar-refractivity contribution in [1.82, 2.24) is 24.9 Å². The zero-order valence-electron chi connectivity index (χ0n) is 34.7. The van der Waals surface area contributed by atoms with Crippen molar-refractivity contribution in [3.05, 3.63) is 108 Å². The number of nitrogens with zero attached hydrogens (tertiary/aromatic N) is 4. The van der Waals surface area contributed by atoms with Crippen LogP contribution >= 0.6 is 0 Å². The maximum atomic E-state index is 13.7. The lowest BCUT2D eigenvalue weighted by Gasteiger charge is -2.43. The number of carbonyl (C=O) groups is 4. The molecule has 0 spiro atoms. The maximum Gasteiger partial charge on any atom is 0.328 e. The zero-order chi connectivity index (χ0) is 43.7. The van der Waals surface area contributed by atoms with Crippen LogP contribution in [0.25, 0.3) is 0 Å².